The molecule has 2 amide bonds. The van der Waals surface area contributed by atoms with Crippen LogP contribution in [0.3, 0.4) is 0 Å². The van der Waals surface area contributed by atoms with Crippen molar-refractivity contribution in [2.75, 3.05) is 29.6 Å². The second-order valence-corrected chi connectivity index (χ2v) is 10.1. The molecule has 0 radical (unpaired) electrons. The van der Waals surface area contributed by atoms with Crippen LogP contribution in [0.1, 0.15) is 18.9 Å². The second-order valence-electron chi connectivity index (χ2n) is 7.66. The summed E-state index contributed by atoms with van der Waals surface area (Å²) in [5.41, 5.74) is 2.88. The molecule has 4 rings (SSSR count). The van der Waals surface area contributed by atoms with Crippen LogP contribution in [-0.4, -0.2) is 47.0 Å². The third-order valence-corrected chi connectivity index (χ3v) is 7.50. The monoisotopic (exact) mass is 517 g/mol. The van der Waals surface area contributed by atoms with Gasteiger partial charge in [-0.25, -0.2) is 0 Å². The first-order valence-electron chi connectivity index (χ1n) is 10.9. The number of ether oxygens (including phenoxy) is 1. The van der Waals surface area contributed by atoms with Crippen molar-refractivity contribution in [1.82, 2.24) is 4.57 Å². The smallest absolute Gasteiger partial charge is 0.326 e. The van der Waals surface area contributed by atoms with Crippen LogP contribution in [0.15, 0.2) is 47.5 Å². The molecule has 0 unspecified atom stereocenters. The Morgan fingerprint density at radius 1 is 1.18 bits per heavy atom. The molecule has 0 spiro atoms. The number of rotatable bonds is 7. The van der Waals surface area contributed by atoms with Crippen LogP contribution in [0.4, 0.5) is 5.69 Å². The lowest BCUT2D eigenvalue weighted by Gasteiger charge is -2.29. The Kier molecular flexibility index (Phi) is 8.07. The average Bonchev–Trinajstić information content (AvgIpc) is 3.14. The number of carbonyl (C=O) groups is 3. The molecule has 0 atom stereocenters. The van der Waals surface area contributed by atoms with E-state index < -0.39 is 5.97 Å². The Hall–Kier alpha value is -2.62. The van der Waals surface area contributed by atoms with Crippen molar-refractivity contribution >= 4 is 68.4 Å². The number of amides is 2. The molecule has 7 nitrogen and oxygen atoms in total. The van der Waals surface area contributed by atoms with Gasteiger partial charge in [0.2, 0.25) is 5.91 Å². The highest BCUT2D eigenvalue weighted by atomic mass is 35.5. The van der Waals surface area contributed by atoms with Crippen LogP contribution in [0.5, 0.6) is 0 Å². The van der Waals surface area contributed by atoms with E-state index in [0.717, 1.165) is 28.7 Å². The van der Waals surface area contributed by atoms with Crippen molar-refractivity contribution in [2.24, 2.45) is 4.99 Å². The van der Waals surface area contributed by atoms with E-state index >= 15 is 0 Å². The summed E-state index contributed by atoms with van der Waals surface area (Å²) in [5.74, 6) is -0.533. The van der Waals surface area contributed by atoms with Gasteiger partial charge >= 0.3 is 5.97 Å². The number of benzene rings is 2. The molecule has 178 valence electrons. The van der Waals surface area contributed by atoms with Gasteiger partial charge in [-0.1, -0.05) is 41.1 Å². The van der Waals surface area contributed by atoms with E-state index in [1.54, 1.807) is 34.6 Å². The summed E-state index contributed by atoms with van der Waals surface area (Å²) < 4.78 is 7.54. The number of thiazole rings is 1. The Morgan fingerprint density at radius 3 is 2.82 bits per heavy atom. The highest BCUT2D eigenvalue weighted by molar-refractivity contribution is 8.00. The van der Waals surface area contributed by atoms with Gasteiger partial charge in [-0.05, 0) is 49.6 Å². The lowest BCUT2D eigenvalue weighted by molar-refractivity contribution is -0.143. The first-order valence-corrected chi connectivity index (χ1v) is 13.3. The molecule has 1 aromatic heterocycles. The van der Waals surface area contributed by atoms with Gasteiger partial charge in [-0.15, -0.1) is 11.8 Å². The number of hydrogen-bond acceptors (Lipinski definition) is 6. The third kappa shape index (κ3) is 5.71. The molecule has 34 heavy (non-hydrogen) atoms. The van der Waals surface area contributed by atoms with Crippen molar-refractivity contribution in [3.63, 3.8) is 0 Å². The number of fused-ring (bicyclic) bond motifs is 2. The van der Waals surface area contributed by atoms with Crippen LogP contribution in [-0.2, 0) is 32.1 Å². The molecule has 1 aliphatic heterocycles. The number of aromatic nitrogens is 1. The van der Waals surface area contributed by atoms with Crippen molar-refractivity contribution < 1.29 is 19.1 Å². The zero-order valence-corrected chi connectivity index (χ0v) is 21.0. The second kappa shape index (κ2) is 11.2. The van der Waals surface area contributed by atoms with Gasteiger partial charge < -0.3 is 14.2 Å². The first-order chi connectivity index (χ1) is 16.5. The number of anilines is 1. The number of halogens is 1. The van der Waals surface area contributed by atoms with Gasteiger partial charge in [0.05, 0.1) is 28.3 Å². The summed E-state index contributed by atoms with van der Waals surface area (Å²) in [6, 6.07) is 13.2. The molecule has 0 bridgehead atoms. The van der Waals surface area contributed by atoms with Crippen LogP contribution >= 0.6 is 34.7 Å². The van der Waals surface area contributed by atoms with E-state index in [9.17, 15) is 14.4 Å². The predicted molar refractivity (Wildman–Crippen MR) is 136 cm³/mol. The average molecular weight is 518 g/mol. The van der Waals surface area contributed by atoms with E-state index in [2.05, 4.69) is 4.99 Å². The Bertz CT molecular complexity index is 1300. The SMILES string of the molecule is CCOC(=O)Cn1c(=NC(=O)CSCC(=O)N2CCCc3ccccc32)sc2cc(Cl)ccc21. The highest BCUT2D eigenvalue weighted by Gasteiger charge is 2.22. The lowest BCUT2D eigenvalue weighted by atomic mass is 10.0. The Morgan fingerprint density at radius 2 is 2.00 bits per heavy atom. The molecular weight excluding hydrogens is 494 g/mol. The van der Waals surface area contributed by atoms with Crippen LogP contribution in [0.25, 0.3) is 10.2 Å². The number of aryl methyl sites for hydroxylation is 1. The molecule has 0 saturated heterocycles. The molecule has 1 aliphatic rings. The molecule has 0 N–H and O–H groups in total. The number of para-hydroxylation sites is 1. The number of hydrogen-bond donors (Lipinski definition) is 0. The zero-order chi connectivity index (χ0) is 24.1. The van der Waals surface area contributed by atoms with Crippen molar-refractivity contribution in [2.45, 2.75) is 26.3 Å². The molecule has 2 aromatic carbocycles. The minimum absolute atomic E-state index is 0.0150. The molecule has 10 heteroatoms. The van der Waals surface area contributed by atoms with Gasteiger partial charge in [0.1, 0.15) is 6.54 Å². The maximum absolute atomic E-state index is 12.8. The zero-order valence-electron chi connectivity index (χ0n) is 18.7. The predicted octanol–water partition coefficient (Wildman–Crippen LogP) is 4.06. The Balaban J connectivity index is 1.45. The largest absolute Gasteiger partial charge is 0.465 e. The summed E-state index contributed by atoms with van der Waals surface area (Å²) in [5, 5.41) is 0.559. The minimum atomic E-state index is -0.409. The first kappa shape index (κ1) is 24.5. The van der Waals surface area contributed by atoms with E-state index in [1.807, 2.05) is 24.3 Å². The highest BCUT2D eigenvalue weighted by Crippen LogP contribution is 2.27. The molecular formula is C24H24ClN3O4S2. The number of thioether (sulfide) groups is 1. The topological polar surface area (TPSA) is 81.0 Å². The van der Waals surface area contributed by atoms with Gasteiger partial charge in [0.15, 0.2) is 4.80 Å². The summed E-state index contributed by atoms with van der Waals surface area (Å²) in [6.07, 6.45) is 1.90. The maximum Gasteiger partial charge on any atom is 0.326 e. The van der Waals surface area contributed by atoms with Crippen LogP contribution in [0.2, 0.25) is 5.02 Å². The van der Waals surface area contributed by atoms with E-state index in [4.69, 9.17) is 16.3 Å². The number of nitrogens with zero attached hydrogens (tertiary/aromatic N) is 3. The van der Waals surface area contributed by atoms with Crippen molar-refractivity contribution in [3.05, 3.63) is 57.9 Å². The molecule has 0 saturated carbocycles. The van der Waals surface area contributed by atoms with E-state index in [0.29, 0.717) is 16.4 Å². The quantitative estimate of drug-likeness (QED) is 0.441. The number of esters is 1. The maximum atomic E-state index is 12.8. The summed E-state index contributed by atoms with van der Waals surface area (Å²) in [4.78, 5) is 43.9. The minimum Gasteiger partial charge on any atom is -0.465 e. The molecule has 0 fully saturated rings. The molecule has 0 aliphatic carbocycles. The summed E-state index contributed by atoms with van der Waals surface area (Å²) in [7, 11) is 0. The molecule has 2 heterocycles. The van der Waals surface area contributed by atoms with Crippen molar-refractivity contribution in [3.8, 4) is 0 Å². The van der Waals surface area contributed by atoms with Gasteiger partial charge in [-0.3, -0.25) is 14.4 Å². The fourth-order valence-corrected chi connectivity index (χ4v) is 5.85. The normalized spacial score (nSPS) is 13.7. The lowest BCUT2D eigenvalue weighted by Crippen LogP contribution is -2.36. The summed E-state index contributed by atoms with van der Waals surface area (Å²) in [6.45, 7) is 2.64. The fourth-order valence-electron chi connectivity index (χ4n) is 3.86. The van der Waals surface area contributed by atoms with E-state index in [1.165, 1.54) is 28.7 Å². The van der Waals surface area contributed by atoms with E-state index in [-0.39, 0.29) is 36.5 Å². The van der Waals surface area contributed by atoms with Gasteiger partial charge in [0, 0.05) is 17.3 Å². The molecule has 3 aromatic rings. The van der Waals surface area contributed by atoms with Gasteiger partial charge in [0.25, 0.3) is 5.91 Å². The number of carbonyl (C=O) groups excluding carboxylic acids is 3. The van der Waals surface area contributed by atoms with Crippen LogP contribution in [0, 0.1) is 0 Å². The standard InChI is InChI=1S/C24H24ClN3O4S2/c1-2-32-23(31)13-28-19-10-9-17(25)12-20(19)34-24(28)26-21(29)14-33-15-22(30)27-11-5-7-16-6-3-4-8-18(16)27/h3-4,6,8-10,12H,2,5,7,11,13-15H2,1H3. The van der Waals surface area contributed by atoms with Gasteiger partial charge in [-0.2, -0.15) is 4.99 Å². The third-order valence-electron chi connectivity index (χ3n) is 5.32. The van der Waals surface area contributed by atoms with Crippen LogP contribution < -0.4 is 9.70 Å². The fraction of sp³-hybridized carbons (Fsp3) is 0.333. The Labute approximate surface area is 210 Å². The van der Waals surface area contributed by atoms with Crippen molar-refractivity contribution in [1.29, 1.82) is 0 Å². The summed E-state index contributed by atoms with van der Waals surface area (Å²) >= 11 is 8.63.